The van der Waals surface area contributed by atoms with Crippen LogP contribution in [-0.2, 0) is 23.9 Å². The van der Waals surface area contributed by atoms with Gasteiger partial charge < -0.3 is 9.47 Å². The molecule has 5 nitrogen and oxygen atoms in total. The number of unbranched alkanes of at least 4 members (excludes halogenated alkanes) is 4. The highest BCUT2D eigenvalue weighted by atomic mass is 16.5. The van der Waals surface area contributed by atoms with E-state index in [0.717, 1.165) is 70.6 Å². The fourth-order valence-corrected chi connectivity index (χ4v) is 3.97. The molecule has 0 aromatic carbocycles. The molecule has 0 heterocycles. The lowest BCUT2D eigenvalue weighted by Crippen LogP contribution is -2.19. The number of Topliss-reactive ketones (excluding diaryl/α,β-unsaturated/α-hetero) is 1. The average Bonchev–Trinajstić information content (AvgIpc) is 3.02. The Morgan fingerprint density at radius 2 is 2.00 bits per heavy atom. The molecule has 0 amide bonds. The molecule has 0 saturated heterocycles. The SMILES string of the molecule is CCCCCC(CC[C@H]1CCC(=O)[C@@H]1CCCCC=CC(=O)OC)OC=O. The molecule has 1 fully saturated rings. The Morgan fingerprint density at radius 1 is 1.19 bits per heavy atom. The zero-order valence-electron chi connectivity index (χ0n) is 17.0. The maximum Gasteiger partial charge on any atom is 0.330 e. The van der Waals surface area contributed by atoms with E-state index in [2.05, 4.69) is 11.7 Å². The first-order valence-electron chi connectivity index (χ1n) is 10.5. The number of rotatable bonds is 15. The molecule has 0 aromatic heterocycles. The van der Waals surface area contributed by atoms with E-state index < -0.39 is 0 Å². The molecule has 1 aliphatic rings. The Kier molecular flexibility index (Phi) is 12.5. The Hall–Kier alpha value is -1.65. The van der Waals surface area contributed by atoms with Crippen molar-refractivity contribution >= 4 is 18.2 Å². The van der Waals surface area contributed by atoms with Crippen LogP contribution < -0.4 is 0 Å². The molecule has 27 heavy (non-hydrogen) atoms. The molecule has 154 valence electrons. The molecule has 0 bridgehead atoms. The smallest absolute Gasteiger partial charge is 0.330 e. The van der Waals surface area contributed by atoms with E-state index in [4.69, 9.17) is 4.74 Å². The van der Waals surface area contributed by atoms with Crippen LogP contribution >= 0.6 is 0 Å². The van der Waals surface area contributed by atoms with Crippen LogP contribution in [0.25, 0.3) is 0 Å². The molecule has 0 spiro atoms. The number of carbonyl (C=O) groups excluding carboxylic acids is 3. The Morgan fingerprint density at radius 3 is 2.70 bits per heavy atom. The van der Waals surface area contributed by atoms with Crippen LogP contribution in [0.1, 0.15) is 84.0 Å². The van der Waals surface area contributed by atoms with Gasteiger partial charge in [-0.25, -0.2) is 4.79 Å². The van der Waals surface area contributed by atoms with Gasteiger partial charge in [0.1, 0.15) is 11.9 Å². The van der Waals surface area contributed by atoms with Crippen LogP contribution in [0.4, 0.5) is 0 Å². The van der Waals surface area contributed by atoms with Gasteiger partial charge in [0, 0.05) is 18.4 Å². The minimum atomic E-state index is -0.327. The Bertz CT molecular complexity index is 471. The van der Waals surface area contributed by atoms with Gasteiger partial charge in [0.15, 0.2) is 0 Å². The number of hydrogen-bond donors (Lipinski definition) is 0. The van der Waals surface area contributed by atoms with Crippen LogP contribution in [0.2, 0.25) is 0 Å². The third-order valence-corrected chi connectivity index (χ3v) is 5.57. The fourth-order valence-electron chi connectivity index (χ4n) is 3.97. The van der Waals surface area contributed by atoms with Crippen molar-refractivity contribution in [3.63, 3.8) is 0 Å². The van der Waals surface area contributed by atoms with Crippen molar-refractivity contribution in [3.05, 3.63) is 12.2 Å². The lowest BCUT2D eigenvalue weighted by Gasteiger charge is -2.21. The standard InChI is InChI=1S/C22H36O5/c1-3-4-7-10-19(27-17-23)15-13-18-14-16-21(24)20(18)11-8-5-6-9-12-22(25)26-2/h9,12,17-20H,3-8,10-11,13-16H2,1-2H3/t18-,19?,20+/m0/s1. The molecule has 0 N–H and O–H groups in total. The first-order chi connectivity index (χ1) is 13.1. The molecule has 1 unspecified atom stereocenters. The molecular weight excluding hydrogens is 344 g/mol. The Labute approximate surface area is 163 Å². The predicted octanol–water partition coefficient (Wildman–Crippen LogP) is 4.77. The van der Waals surface area contributed by atoms with Gasteiger partial charge in [-0.05, 0) is 57.3 Å². The van der Waals surface area contributed by atoms with Crippen molar-refractivity contribution in [1.82, 2.24) is 0 Å². The van der Waals surface area contributed by atoms with E-state index in [-0.39, 0.29) is 18.0 Å². The fraction of sp³-hybridized carbons (Fsp3) is 0.773. The molecular formula is C22H36O5. The van der Waals surface area contributed by atoms with Crippen molar-refractivity contribution in [2.45, 2.75) is 90.1 Å². The normalized spacial score (nSPS) is 20.7. The summed E-state index contributed by atoms with van der Waals surface area (Å²) >= 11 is 0. The van der Waals surface area contributed by atoms with E-state index >= 15 is 0 Å². The highest BCUT2D eigenvalue weighted by molar-refractivity contribution is 5.83. The molecule has 1 aliphatic carbocycles. The quantitative estimate of drug-likeness (QED) is 0.177. The number of ketones is 1. The van der Waals surface area contributed by atoms with Gasteiger partial charge in [0.2, 0.25) is 0 Å². The van der Waals surface area contributed by atoms with Gasteiger partial charge >= 0.3 is 5.97 Å². The van der Waals surface area contributed by atoms with E-state index in [9.17, 15) is 14.4 Å². The Balaban J connectivity index is 2.34. The third kappa shape index (κ3) is 9.73. The summed E-state index contributed by atoms with van der Waals surface area (Å²) in [6.45, 7) is 2.73. The summed E-state index contributed by atoms with van der Waals surface area (Å²) in [5.41, 5.74) is 0. The third-order valence-electron chi connectivity index (χ3n) is 5.57. The van der Waals surface area contributed by atoms with Gasteiger partial charge in [-0.15, -0.1) is 0 Å². The number of methoxy groups -OCH3 is 1. The van der Waals surface area contributed by atoms with Crippen LogP contribution in [0.5, 0.6) is 0 Å². The van der Waals surface area contributed by atoms with Crippen LogP contribution in [0.3, 0.4) is 0 Å². The largest absolute Gasteiger partial charge is 0.466 e. The van der Waals surface area contributed by atoms with Gasteiger partial charge in [-0.3, -0.25) is 9.59 Å². The molecule has 5 heteroatoms. The maximum absolute atomic E-state index is 12.3. The molecule has 3 atom stereocenters. The summed E-state index contributed by atoms with van der Waals surface area (Å²) in [5.74, 6) is 0.644. The molecule has 0 aliphatic heterocycles. The van der Waals surface area contributed by atoms with Crippen LogP contribution in [-0.4, -0.2) is 31.4 Å². The molecule has 0 radical (unpaired) electrons. The van der Waals surface area contributed by atoms with Crippen molar-refractivity contribution in [2.24, 2.45) is 11.8 Å². The van der Waals surface area contributed by atoms with Crippen molar-refractivity contribution in [3.8, 4) is 0 Å². The number of esters is 1. The lowest BCUT2D eigenvalue weighted by molar-refractivity contribution is -0.135. The summed E-state index contributed by atoms with van der Waals surface area (Å²) in [5, 5.41) is 0. The first kappa shape index (κ1) is 23.4. The van der Waals surface area contributed by atoms with Gasteiger partial charge in [-0.2, -0.15) is 0 Å². The molecule has 1 rings (SSSR count). The van der Waals surface area contributed by atoms with E-state index in [1.54, 1.807) is 0 Å². The van der Waals surface area contributed by atoms with Crippen molar-refractivity contribution in [1.29, 1.82) is 0 Å². The summed E-state index contributed by atoms with van der Waals surface area (Å²) in [4.78, 5) is 34.0. The first-order valence-corrected chi connectivity index (χ1v) is 10.5. The topological polar surface area (TPSA) is 69.7 Å². The van der Waals surface area contributed by atoms with Gasteiger partial charge in [0.05, 0.1) is 7.11 Å². The van der Waals surface area contributed by atoms with Gasteiger partial charge in [0.25, 0.3) is 6.47 Å². The number of carbonyl (C=O) groups is 3. The second-order valence-electron chi connectivity index (χ2n) is 7.51. The van der Waals surface area contributed by atoms with E-state index in [1.807, 2.05) is 6.08 Å². The zero-order valence-corrected chi connectivity index (χ0v) is 17.0. The van der Waals surface area contributed by atoms with Crippen LogP contribution in [0, 0.1) is 11.8 Å². The predicted molar refractivity (Wildman–Crippen MR) is 105 cm³/mol. The van der Waals surface area contributed by atoms with Crippen molar-refractivity contribution < 1.29 is 23.9 Å². The second-order valence-corrected chi connectivity index (χ2v) is 7.51. The number of ether oxygens (including phenoxy) is 2. The summed E-state index contributed by atoms with van der Waals surface area (Å²) in [6.07, 6.45) is 14.8. The summed E-state index contributed by atoms with van der Waals surface area (Å²) in [6, 6.07) is 0. The summed E-state index contributed by atoms with van der Waals surface area (Å²) < 4.78 is 9.81. The lowest BCUT2D eigenvalue weighted by atomic mass is 9.86. The minimum absolute atomic E-state index is 0.00568. The highest BCUT2D eigenvalue weighted by Crippen LogP contribution is 2.36. The molecule has 0 aromatic rings. The monoisotopic (exact) mass is 380 g/mol. The molecule has 1 saturated carbocycles. The maximum atomic E-state index is 12.3. The minimum Gasteiger partial charge on any atom is -0.466 e. The van der Waals surface area contributed by atoms with E-state index in [0.29, 0.717) is 24.6 Å². The van der Waals surface area contributed by atoms with Crippen molar-refractivity contribution in [2.75, 3.05) is 7.11 Å². The second kappa shape index (κ2) is 14.4. The average molecular weight is 381 g/mol. The van der Waals surface area contributed by atoms with Crippen LogP contribution in [0.15, 0.2) is 12.2 Å². The summed E-state index contributed by atoms with van der Waals surface area (Å²) in [7, 11) is 1.37. The van der Waals surface area contributed by atoms with E-state index in [1.165, 1.54) is 13.2 Å². The van der Waals surface area contributed by atoms with Gasteiger partial charge in [-0.1, -0.05) is 32.3 Å². The highest BCUT2D eigenvalue weighted by Gasteiger charge is 2.34. The number of hydrogen-bond acceptors (Lipinski definition) is 5. The zero-order chi connectivity index (χ0) is 19.9. The number of allylic oxidation sites excluding steroid dienone is 1.